The number of carbonyl (C=O) groups is 1. The molecule has 9 heteroatoms. The highest BCUT2D eigenvalue weighted by Gasteiger charge is 2.09. The predicted molar refractivity (Wildman–Crippen MR) is 98.6 cm³/mol. The Labute approximate surface area is 160 Å². The van der Waals surface area contributed by atoms with Crippen LogP contribution < -0.4 is 10.1 Å². The van der Waals surface area contributed by atoms with Crippen molar-refractivity contribution in [1.82, 2.24) is 24.9 Å². The van der Waals surface area contributed by atoms with Crippen LogP contribution in [0.2, 0.25) is 10.0 Å². The van der Waals surface area contributed by atoms with Gasteiger partial charge in [-0.25, -0.2) is 4.68 Å². The first kappa shape index (κ1) is 18.3. The van der Waals surface area contributed by atoms with Gasteiger partial charge in [-0.1, -0.05) is 23.2 Å². The van der Waals surface area contributed by atoms with E-state index in [1.807, 2.05) is 13.0 Å². The van der Waals surface area contributed by atoms with Crippen LogP contribution in [0.4, 0.5) is 0 Å². The number of benzene rings is 1. The van der Waals surface area contributed by atoms with Gasteiger partial charge in [0.05, 0.1) is 17.8 Å². The van der Waals surface area contributed by atoms with Gasteiger partial charge in [0, 0.05) is 24.0 Å². The summed E-state index contributed by atoms with van der Waals surface area (Å²) in [6.07, 6.45) is 4.93. The lowest BCUT2D eigenvalue weighted by molar-refractivity contribution is 0.0945. The highest BCUT2D eigenvalue weighted by Crippen LogP contribution is 2.21. The number of aryl methyl sites for hydroxylation is 1. The second-order valence-electron chi connectivity index (χ2n) is 5.60. The molecule has 0 unspecified atom stereocenters. The van der Waals surface area contributed by atoms with Gasteiger partial charge in [-0.05, 0) is 36.8 Å². The number of amides is 1. The second-order valence-corrected chi connectivity index (χ2v) is 6.45. The molecule has 0 aliphatic heterocycles. The summed E-state index contributed by atoms with van der Waals surface area (Å²) in [4.78, 5) is 12.1. The molecule has 0 radical (unpaired) electrons. The van der Waals surface area contributed by atoms with Gasteiger partial charge < -0.3 is 10.1 Å². The molecule has 2 aromatic heterocycles. The standard InChI is InChI=1S/C17H17Cl2N5O2/c1-12-8-14(2-3-15(12)19)26-11-24-6-4-16(22-24)17(25)20-5-7-23-10-13(18)9-21-23/h2-4,6,8-10H,5,7,11H2,1H3,(H,20,25). The van der Waals surface area contributed by atoms with Gasteiger partial charge in [-0.2, -0.15) is 10.2 Å². The highest BCUT2D eigenvalue weighted by atomic mass is 35.5. The minimum absolute atomic E-state index is 0.195. The minimum atomic E-state index is -0.260. The number of carbonyl (C=O) groups excluding carboxylic acids is 1. The summed E-state index contributed by atoms with van der Waals surface area (Å²) in [5.41, 5.74) is 1.25. The molecule has 0 spiro atoms. The van der Waals surface area contributed by atoms with Crippen molar-refractivity contribution in [2.75, 3.05) is 6.54 Å². The van der Waals surface area contributed by atoms with Crippen LogP contribution in [0, 0.1) is 6.92 Å². The van der Waals surface area contributed by atoms with Crippen molar-refractivity contribution >= 4 is 29.1 Å². The first-order valence-corrected chi connectivity index (χ1v) is 8.65. The maximum Gasteiger partial charge on any atom is 0.271 e. The highest BCUT2D eigenvalue weighted by molar-refractivity contribution is 6.31. The van der Waals surface area contributed by atoms with E-state index >= 15 is 0 Å². The maximum absolute atomic E-state index is 12.1. The number of nitrogens with one attached hydrogen (secondary N) is 1. The summed E-state index contributed by atoms with van der Waals surface area (Å²) in [5, 5.41) is 12.3. The van der Waals surface area contributed by atoms with Gasteiger partial charge in [0.2, 0.25) is 0 Å². The molecule has 2 heterocycles. The third-order valence-electron chi connectivity index (χ3n) is 3.59. The molecule has 0 aliphatic carbocycles. The molecule has 1 N–H and O–H groups in total. The van der Waals surface area contributed by atoms with E-state index in [-0.39, 0.29) is 12.6 Å². The molecule has 0 aliphatic rings. The molecule has 26 heavy (non-hydrogen) atoms. The summed E-state index contributed by atoms with van der Waals surface area (Å²) in [6, 6.07) is 7.05. The van der Waals surface area contributed by atoms with Crippen molar-refractivity contribution in [3.8, 4) is 5.75 Å². The zero-order valence-electron chi connectivity index (χ0n) is 14.0. The number of hydrogen-bond donors (Lipinski definition) is 1. The Balaban J connectivity index is 1.48. The fourth-order valence-corrected chi connectivity index (χ4v) is 2.51. The predicted octanol–water partition coefficient (Wildman–Crippen LogP) is 3.16. The Morgan fingerprint density at radius 1 is 1.27 bits per heavy atom. The van der Waals surface area contributed by atoms with Crippen LogP contribution in [0.5, 0.6) is 5.75 Å². The van der Waals surface area contributed by atoms with Crippen LogP contribution in [-0.4, -0.2) is 32.0 Å². The first-order chi connectivity index (χ1) is 12.5. The van der Waals surface area contributed by atoms with Crippen molar-refractivity contribution < 1.29 is 9.53 Å². The van der Waals surface area contributed by atoms with Crippen molar-refractivity contribution in [1.29, 1.82) is 0 Å². The molecule has 3 rings (SSSR count). The van der Waals surface area contributed by atoms with E-state index in [1.54, 1.807) is 46.2 Å². The smallest absolute Gasteiger partial charge is 0.271 e. The number of rotatable bonds is 7. The SMILES string of the molecule is Cc1cc(OCn2ccc(C(=O)NCCn3cc(Cl)cn3)n2)ccc1Cl. The third-order valence-corrected chi connectivity index (χ3v) is 4.21. The molecule has 0 bridgehead atoms. The zero-order chi connectivity index (χ0) is 18.5. The van der Waals surface area contributed by atoms with Crippen LogP contribution in [0.15, 0.2) is 42.9 Å². The zero-order valence-corrected chi connectivity index (χ0v) is 15.5. The van der Waals surface area contributed by atoms with Crippen molar-refractivity contribution in [2.24, 2.45) is 0 Å². The van der Waals surface area contributed by atoms with Gasteiger partial charge >= 0.3 is 0 Å². The molecule has 3 aromatic rings. The number of halogens is 2. The van der Waals surface area contributed by atoms with Crippen LogP contribution in [0.3, 0.4) is 0 Å². The van der Waals surface area contributed by atoms with Crippen LogP contribution >= 0.6 is 23.2 Å². The van der Waals surface area contributed by atoms with E-state index in [4.69, 9.17) is 27.9 Å². The molecular weight excluding hydrogens is 377 g/mol. The van der Waals surface area contributed by atoms with Crippen molar-refractivity contribution in [2.45, 2.75) is 20.2 Å². The molecule has 0 saturated heterocycles. The van der Waals surface area contributed by atoms with Crippen LogP contribution in [0.25, 0.3) is 0 Å². The fraction of sp³-hybridized carbons (Fsp3) is 0.235. The van der Waals surface area contributed by atoms with Gasteiger partial charge in [0.25, 0.3) is 5.91 Å². The monoisotopic (exact) mass is 393 g/mol. The molecule has 1 amide bonds. The molecular formula is C17H17Cl2N5O2. The lowest BCUT2D eigenvalue weighted by Gasteiger charge is -2.07. The van der Waals surface area contributed by atoms with E-state index in [2.05, 4.69) is 15.5 Å². The number of aromatic nitrogens is 4. The van der Waals surface area contributed by atoms with E-state index < -0.39 is 0 Å². The fourth-order valence-electron chi connectivity index (χ4n) is 2.24. The quantitative estimate of drug-likeness (QED) is 0.668. The molecule has 0 atom stereocenters. The van der Waals surface area contributed by atoms with Gasteiger partial charge in [0.1, 0.15) is 11.4 Å². The summed E-state index contributed by atoms with van der Waals surface area (Å²) in [5.74, 6) is 0.427. The lowest BCUT2D eigenvalue weighted by Crippen LogP contribution is -2.27. The normalized spacial score (nSPS) is 10.7. The number of ether oxygens (including phenoxy) is 1. The summed E-state index contributed by atoms with van der Waals surface area (Å²) >= 11 is 11.8. The van der Waals surface area contributed by atoms with E-state index in [9.17, 15) is 4.79 Å². The molecule has 136 valence electrons. The van der Waals surface area contributed by atoms with Crippen LogP contribution in [-0.2, 0) is 13.3 Å². The van der Waals surface area contributed by atoms with E-state index in [1.165, 1.54) is 0 Å². The molecule has 1 aromatic carbocycles. The van der Waals surface area contributed by atoms with Gasteiger partial charge in [0.15, 0.2) is 6.73 Å². The van der Waals surface area contributed by atoms with E-state index in [0.29, 0.717) is 34.6 Å². The Morgan fingerprint density at radius 2 is 2.12 bits per heavy atom. The van der Waals surface area contributed by atoms with Crippen LogP contribution in [0.1, 0.15) is 16.1 Å². The third kappa shape index (κ3) is 4.77. The second kappa shape index (κ2) is 8.25. The molecule has 0 fully saturated rings. The maximum atomic E-state index is 12.1. The summed E-state index contributed by atoms with van der Waals surface area (Å²) in [7, 11) is 0. The summed E-state index contributed by atoms with van der Waals surface area (Å²) in [6.45, 7) is 3.05. The Kier molecular flexibility index (Phi) is 5.80. The summed E-state index contributed by atoms with van der Waals surface area (Å²) < 4.78 is 8.85. The van der Waals surface area contributed by atoms with Crippen molar-refractivity contribution in [3.05, 3.63) is 64.2 Å². The average molecular weight is 394 g/mol. The van der Waals surface area contributed by atoms with Gasteiger partial charge in [-0.3, -0.25) is 9.48 Å². The largest absolute Gasteiger partial charge is 0.471 e. The Hall–Kier alpha value is -2.51. The topological polar surface area (TPSA) is 74.0 Å². The number of hydrogen-bond acceptors (Lipinski definition) is 4. The van der Waals surface area contributed by atoms with Gasteiger partial charge in [-0.15, -0.1) is 0 Å². The average Bonchev–Trinajstić information content (AvgIpc) is 3.25. The lowest BCUT2D eigenvalue weighted by atomic mass is 10.2. The molecule has 0 saturated carbocycles. The Bertz CT molecular complexity index is 906. The van der Waals surface area contributed by atoms with Crippen molar-refractivity contribution in [3.63, 3.8) is 0 Å². The first-order valence-electron chi connectivity index (χ1n) is 7.90. The Morgan fingerprint density at radius 3 is 2.85 bits per heavy atom. The van der Waals surface area contributed by atoms with E-state index in [0.717, 1.165) is 5.56 Å². The molecule has 7 nitrogen and oxygen atoms in total. The minimum Gasteiger partial charge on any atom is -0.471 e. The number of nitrogens with zero attached hydrogens (tertiary/aromatic N) is 4.